The summed E-state index contributed by atoms with van der Waals surface area (Å²) >= 11 is 0. The van der Waals surface area contributed by atoms with Crippen molar-refractivity contribution in [1.29, 1.82) is 0 Å². The molecular weight excluding hydrogens is 535 g/mol. The molecule has 1 nitrogen and oxygen atoms in total. The minimum Gasteiger partial charge on any atom is -0.429 e. The Morgan fingerprint density at radius 1 is 0.692 bits per heavy atom. The minimum absolute atomic E-state index is 0.0521. The fourth-order valence-corrected chi connectivity index (χ4v) is 6.24. The maximum absolute atomic E-state index is 15.1. The molecule has 39 heavy (non-hydrogen) atoms. The highest BCUT2D eigenvalue weighted by molar-refractivity contribution is 5.66. The minimum atomic E-state index is -4.82. The van der Waals surface area contributed by atoms with Gasteiger partial charge in [0.25, 0.3) is 0 Å². The molecule has 0 amide bonds. The monoisotopic (exact) mass is 558 g/mol. The molecule has 2 aliphatic rings. The first kappa shape index (κ1) is 27.4. The number of halogens is 9. The van der Waals surface area contributed by atoms with Crippen LogP contribution < -0.4 is 4.74 Å². The van der Waals surface area contributed by atoms with Crippen LogP contribution in [0.4, 0.5) is 39.5 Å². The highest BCUT2D eigenvalue weighted by Crippen LogP contribution is 2.53. The number of benzene rings is 3. The predicted molar refractivity (Wildman–Crippen MR) is 125 cm³/mol. The number of rotatable bonds is 6. The third kappa shape index (κ3) is 5.10. The maximum atomic E-state index is 15.1. The summed E-state index contributed by atoms with van der Waals surface area (Å²) in [4.78, 5) is 0. The smallest absolute Gasteiger partial charge is 0.429 e. The Morgan fingerprint density at radius 2 is 1.21 bits per heavy atom. The van der Waals surface area contributed by atoms with E-state index in [1.165, 1.54) is 0 Å². The topological polar surface area (TPSA) is 9.23 Å². The fourth-order valence-electron chi connectivity index (χ4n) is 6.24. The molecular formula is C29H23F9O. The normalized spacial score (nSPS) is 22.8. The molecule has 2 fully saturated rings. The average molecular weight is 558 g/mol. The van der Waals surface area contributed by atoms with Crippen molar-refractivity contribution in [2.24, 2.45) is 17.8 Å². The number of hydrogen-bond acceptors (Lipinski definition) is 1. The number of alkyl halides is 2. The molecule has 0 aromatic heterocycles. The van der Waals surface area contributed by atoms with E-state index < -0.39 is 69.3 Å². The van der Waals surface area contributed by atoms with E-state index in [1.54, 1.807) is 0 Å². The molecule has 0 radical (unpaired) electrons. The Balaban J connectivity index is 1.41. The van der Waals surface area contributed by atoms with Crippen LogP contribution in [0.3, 0.4) is 0 Å². The van der Waals surface area contributed by atoms with Crippen molar-refractivity contribution in [2.45, 2.75) is 51.1 Å². The van der Waals surface area contributed by atoms with Crippen molar-refractivity contribution in [3.05, 3.63) is 88.2 Å². The van der Waals surface area contributed by atoms with Gasteiger partial charge in [-0.3, -0.25) is 0 Å². The third-order valence-electron chi connectivity index (χ3n) is 8.05. The summed E-state index contributed by atoms with van der Waals surface area (Å²) in [5.41, 5.74) is -2.98. The van der Waals surface area contributed by atoms with Crippen LogP contribution in [-0.4, -0.2) is 0 Å². The van der Waals surface area contributed by atoms with Crippen LogP contribution in [0.5, 0.6) is 5.75 Å². The van der Waals surface area contributed by atoms with Crippen LogP contribution in [0.15, 0.2) is 36.4 Å². The van der Waals surface area contributed by atoms with Crippen LogP contribution in [0.25, 0.3) is 11.1 Å². The molecule has 0 bridgehead atoms. The van der Waals surface area contributed by atoms with E-state index in [1.807, 2.05) is 0 Å². The van der Waals surface area contributed by atoms with Gasteiger partial charge >= 0.3 is 6.11 Å². The molecule has 5 rings (SSSR count). The van der Waals surface area contributed by atoms with E-state index in [9.17, 15) is 30.7 Å². The van der Waals surface area contributed by atoms with Gasteiger partial charge in [0.1, 0.15) is 34.6 Å². The predicted octanol–water partition coefficient (Wildman–Crippen LogP) is 9.39. The van der Waals surface area contributed by atoms with Gasteiger partial charge in [0, 0.05) is 12.1 Å². The van der Waals surface area contributed by atoms with Gasteiger partial charge < -0.3 is 4.74 Å². The molecule has 2 aliphatic carbocycles. The average Bonchev–Trinajstić information content (AvgIpc) is 3.40. The zero-order valence-electron chi connectivity index (χ0n) is 20.6. The lowest BCUT2D eigenvalue weighted by atomic mass is 9.90. The lowest BCUT2D eigenvalue weighted by molar-refractivity contribution is -0.189. The lowest BCUT2D eigenvalue weighted by Crippen LogP contribution is -2.25. The van der Waals surface area contributed by atoms with E-state index in [0.717, 1.165) is 44.2 Å². The molecule has 2 atom stereocenters. The first-order chi connectivity index (χ1) is 18.4. The Kier molecular flexibility index (Phi) is 7.09. The highest BCUT2D eigenvalue weighted by atomic mass is 19.3. The SMILES string of the molecule is CCC1CC2CC(c3cc(F)c(-c4cc(F)c(C(F)(F)Oc5cc(F)c(F)c(F)c5)c(F)c4)c(F)c3)CC2C1. The molecule has 3 aromatic rings. The largest absolute Gasteiger partial charge is 0.432 e. The zero-order valence-corrected chi connectivity index (χ0v) is 20.6. The van der Waals surface area contributed by atoms with Gasteiger partial charge in [-0.25, -0.2) is 30.7 Å². The second-order valence-electron chi connectivity index (χ2n) is 10.4. The van der Waals surface area contributed by atoms with Crippen molar-refractivity contribution >= 4 is 0 Å². The van der Waals surface area contributed by atoms with E-state index in [2.05, 4.69) is 11.7 Å². The lowest BCUT2D eigenvalue weighted by Gasteiger charge is -2.20. The van der Waals surface area contributed by atoms with Gasteiger partial charge in [-0.15, -0.1) is 0 Å². The summed E-state index contributed by atoms with van der Waals surface area (Å²) in [5, 5.41) is 0. The first-order valence-corrected chi connectivity index (χ1v) is 12.6. The van der Waals surface area contributed by atoms with Gasteiger partial charge in [-0.05, 0) is 84.7 Å². The Bertz CT molecular complexity index is 1340. The fraction of sp³-hybridized carbons (Fsp3) is 0.379. The van der Waals surface area contributed by atoms with Crippen molar-refractivity contribution < 1.29 is 44.3 Å². The quantitative estimate of drug-likeness (QED) is 0.216. The van der Waals surface area contributed by atoms with Crippen molar-refractivity contribution in [3.63, 3.8) is 0 Å². The van der Waals surface area contributed by atoms with Gasteiger partial charge in [-0.1, -0.05) is 13.3 Å². The summed E-state index contributed by atoms with van der Waals surface area (Å²) < 4.78 is 133. The van der Waals surface area contributed by atoms with E-state index in [-0.39, 0.29) is 18.1 Å². The van der Waals surface area contributed by atoms with Crippen molar-refractivity contribution in [2.75, 3.05) is 0 Å². The van der Waals surface area contributed by atoms with Gasteiger partial charge in [0.05, 0.1) is 5.56 Å². The van der Waals surface area contributed by atoms with Crippen molar-refractivity contribution in [1.82, 2.24) is 0 Å². The summed E-state index contributed by atoms with van der Waals surface area (Å²) in [6, 6.07) is 2.99. The van der Waals surface area contributed by atoms with E-state index in [4.69, 9.17) is 0 Å². The molecule has 2 unspecified atom stereocenters. The molecule has 0 heterocycles. The summed E-state index contributed by atoms with van der Waals surface area (Å²) in [7, 11) is 0. The van der Waals surface area contributed by atoms with Gasteiger partial charge in [0.2, 0.25) is 0 Å². The zero-order chi connectivity index (χ0) is 28.2. The Labute approximate surface area is 218 Å². The van der Waals surface area contributed by atoms with Crippen LogP contribution in [0.1, 0.15) is 56.1 Å². The number of ether oxygens (including phenoxy) is 1. The Morgan fingerprint density at radius 3 is 1.69 bits per heavy atom. The Hall–Kier alpha value is -3.17. The second kappa shape index (κ2) is 10.1. The summed E-state index contributed by atoms with van der Waals surface area (Å²) in [6.07, 6.45) is 0.0587. The summed E-state index contributed by atoms with van der Waals surface area (Å²) in [6.45, 7) is 2.15. The molecule has 0 aliphatic heterocycles. The standard InChI is InChI=1S/C29H23F9O/c1-2-13-3-14-5-16(6-15(14)4-13)17-7-20(30)26(21(31)8-17)18-9-22(32)27(23(33)10-18)29(37,38)39-19-11-24(34)28(36)25(35)12-19/h7-16H,2-6H2,1H3. The molecule has 0 saturated heterocycles. The summed E-state index contributed by atoms with van der Waals surface area (Å²) in [5.74, 6) is -11.4. The van der Waals surface area contributed by atoms with E-state index >= 15 is 8.78 Å². The molecule has 0 spiro atoms. The molecule has 3 aromatic carbocycles. The van der Waals surface area contributed by atoms with Crippen molar-refractivity contribution in [3.8, 4) is 16.9 Å². The van der Waals surface area contributed by atoms with Crippen LogP contribution in [-0.2, 0) is 6.11 Å². The molecule has 208 valence electrons. The van der Waals surface area contributed by atoms with Crippen LogP contribution >= 0.6 is 0 Å². The molecule has 0 N–H and O–H groups in total. The van der Waals surface area contributed by atoms with Gasteiger partial charge in [0.15, 0.2) is 17.5 Å². The number of fused-ring (bicyclic) bond motifs is 1. The third-order valence-corrected chi connectivity index (χ3v) is 8.05. The molecule has 2 saturated carbocycles. The van der Waals surface area contributed by atoms with Crippen LogP contribution in [0.2, 0.25) is 0 Å². The highest BCUT2D eigenvalue weighted by Gasteiger charge is 2.43. The first-order valence-electron chi connectivity index (χ1n) is 12.6. The number of hydrogen-bond donors (Lipinski definition) is 0. The maximum Gasteiger partial charge on any atom is 0.432 e. The van der Waals surface area contributed by atoms with Crippen LogP contribution in [0, 0.1) is 58.5 Å². The van der Waals surface area contributed by atoms with E-state index in [0.29, 0.717) is 35.4 Å². The van der Waals surface area contributed by atoms with Gasteiger partial charge in [-0.2, -0.15) is 8.78 Å². The second-order valence-corrected chi connectivity index (χ2v) is 10.4. The molecule has 10 heteroatoms.